The van der Waals surface area contributed by atoms with Crippen molar-refractivity contribution in [1.82, 2.24) is 0 Å². The molecular weight excluding hydrogens is 174 g/mol. The van der Waals surface area contributed by atoms with E-state index in [-0.39, 0.29) is 12.6 Å². The molecule has 1 N–H and O–H groups in total. The van der Waals surface area contributed by atoms with Gasteiger partial charge < -0.3 is 5.11 Å². The number of hydrogen-bond donors (Lipinski definition) is 1. The van der Waals surface area contributed by atoms with Crippen LogP contribution in [0, 0.1) is 0 Å². The van der Waals surface area contributed by atoms with E-state index in [1.807, 2.05) is 36.5 Å². The van der Waals surface area contributed by atoms with E-state index in [2.05, 4.69) is 11.9 Å². The minimum Gasteiger partial charge on any atom is -0.394 e. The summed E-state index contributed by atoms with van der Waals surface area (Å²) in [7, 11) is 0. The summed E-state index contributed by atoms with van der Waals surface area (Å²) in [5, 5.41) is 9.17. The maximum atomic E-state index is 9.17. The highest BCUT2D eigenvalue weighted by Gasteiger charge is 2.05. The molecule has 0 saturated heterocycles. The van der Waals surface area contributed by atoms with Crippen molar-refractivity contribution >= 4 is 6.21 Å². The molecule has 1 rings (SSSR count). The van der Waals surface area contributed by atoms with E-state index in [1.165, 1.54) is 0 Å². The Morgan fingerprint density at radius 2 is 2.07 bits per heavy atom. The van der Waals surface area contributed by atoms with Gasteiger partial charge >= 0.3 is 0 Å². The van der Waals surface area contributed by atoms with Gasteiger partial charge in [-0.3, -0.25) is 4.99 Å². The van der Waals surface area contributed by atoms with Gasteiger partial charge in [0.2, 0.25) is 0 Å². The van der Waals surface area contributed by atoms with E-state index in [9.17, 15) is 0 Å². The van der Waals surface area contributed by atoms with Crippen LogP contribution in [0.5, 0.6) is 0 Å². The van der Waals surface area contributed by atoms with Crippen LogP contribution in [0.2, 0.25) is 0 Å². The van der Waals surface area contributed by atoms with Crippen molar-refractivity contribution in [2.75, 3.05) is 6.61 Å². The molecule has 0 saturated carbocycles. The van der Waals surface area contributed by atoms with E-state index >= 15 is 0 Å². The van der Waals surface area contributed by atoms with Crippen molar-refractivity contribution < 1.29 is 5.11 Å². The molecule has 0 unspecified atom stereocenters. The fraction of sp³-hybridized carbons (Fsp3) is 0.417. The maximum absolute atomic E-state index is 9.17. The monoisotopic (exact) mass is 191 g/mol. The van der Waals surface area contributed by atoms with Crippen LogP contribution in [-0.4, -0.2) is 17.9 Å². The van der Waals surface area contributed by atoms with E-state index in [4.69, 9.17) is 5.11 Å². The maximum Gasteiger partial charge on any atom is 0.0975 e. The zero-order chi connectivity index (χ0) is 10.2. The second-order valence-electron chi connectivity index (χ2n) is 3.23. The normalized spacial score (nSPS) is 13.3. The van der Waals surface area contributed by atoms with Crippen molar-refractivity contribution in [3.63, 3.8) is 0 Å². The van der Waals surface area contributed by atoms with Crippen LogP contribution in [0.25, 0.3) is 0 Å². The number of benzene rings is 1. The van der Waals surface area contributed by atoms with E-state index in [1.54, 1.807) is 0 Å². The highest BCUT2D eigenvalue weighted by molar-refractivity contribution is 5.57. The van der Waals surface area contributed by atoms with Gasteiger partial charge in [0, 0.05) is 0 Å². The first-order chi connectivity index (χ1) is 6.88. The number of aliphatic imine (C=N–C) groups is 1. The quantitative estimate of drug-likeness (QED) is 0.713. The molecule has 1 aromatic carbocycles. The summed E-state index contributed by atoms with van der Waals surface area (Å²) in [4.78, 5) is 4.33. The predicted molar refractivity (Wildman–Crippen MR) is 59.7 cm³/mol. The van der Waals surface area contributed by atoms with Crippen molar-refractivity contribution in [3.8, 4) is 0 Å². The highest BCUT2D eigenvalue weighted by atomic mass is 16.3. The van der Waals surface area contributed by atoms with Gasteiger partial charge in [-0.15, -0.1) is 0 Å². The molecule has 1 aromatic rings. The highest BCUT2D eigenvalue weighted by Crippen LogP contribution is 2.15. The van der Waals surface area contributed by atoms with Crippen molar-refractivity contribution in [3.05, 3.63) is 35.9 Å². The number of unbranched alkanes of at least 4 members (excludes halogenated alkanes) is 1. The summed E-state index contributed by atoms with van der Waals surface area (Å²) in [5.41, 5.74) is 1.07. The molecule has 0 aliphatic heterocycles. The molecule has 0 amide bonds. The van der Waals surface area contributed by atoms with Gasteiger partial charge in [-0.25, -0.2) is 0 Å². The molecular formula is C12H17NO. The van der Waals surface area contributed by atoms with Crippen LogP contribution >= 0.6 is 0 Å². The smallest absolute Gasteiger partial charge is 0.0975 e. The van der Waals surface area contributed by atoms with Gasteiger partial charge in [0.1, 0.15) is 0 Å². The minimum absolute atomic E-state index is 0.0736. The Labute approximate surface area is 85.3 Å². The van der Waals surface area contributed by atoms with Crippen molar-refractivity contribution in [1.29, 1.82) is 0 Å². The second kappa shape index (κ2) is 6.33. The topological polar surface area (TPSA) is 32.6 Å². The summed E-state index contributed by atoms with van der Waals surface area (Å²) in [6.07, 6.45) is 3.97. The lowest BCUT2D eigenvalue weighted by atomic mass is 10.1. The summed E-state index contributed by atoms with van der Waals surface area (Å²) in [6, 6.07) is 9.78. The molecule has 2 nitrogen and oxygen atoms in total. The van der Waals surface area contributed by atoms with Gasteiger partial charge in [-0.2, -0.15) is 0 Å². The summed E-state index contributed by atoms with van der Waals surface area (Å²) in [6.45, 7) is 2.19. The first kappa shape index (κ1) is 10.9. The van der Waals surface area contributed by atoms with Crippen molar-refractivity contribution in [2.45, 2.75) is 25.8 Å². The number of rotatable bonds is 5. The first-order valence-electron chi connectivity index (χ1n) is 5.06. The Balaban J connectivity index is 2.63. The van der Waals surface area contributed by atoms with Crippen LogP contribution < -0.4 is 0 Å². The van der Waals surface area contributed by atoms with Gasteiger partial charge in [-0.1, -0.05) is 43.7 Å². The molecule has 76 valence electrons. The largest absolute Gasteiger partial charge is 0.394 e. The lowest BCUT2D eigenvalue weighted by molar-refractivity contribution is 0.269. The number of aliphatic hydroxyl groups excluding tert-OH is 1. The Bertz CT molecular complexity index is 269. The Hall–Kier alpha value is -1.15. The fourth-order valence-corrected chi connectivity index (χ4v) is 1.24. The predicted octanol–water partition coefficient (Wildman–Crippen LogP) is 2.59. The van der Waals surface area contributed by atoms with E-state index in [0.29, 0.717) is 0 Å². The second-order valence-corrected chi connectivity index (χ2v) is 3.23. The molecule has 0 fully saturated rings. The van der Waals surface area contributed by atoms with Gasteiger partial charge in [-0.05, 0) is 18.2 Å². The van der Waals surface area contributed by atoms with Crippen LogP contribution in [0.1, 0.15) is 31.4 Å². The molecule has 0 bridgehead atoms. The zero-order valence-electron chi connectivity index (χ0n) is 8.56. The standard InChI is InChI=1S/C12H17NO/c1-2-3-9-13-12(10-14)11-7-5-4-6-8-11/h4-9,12,14H,2-3,10H2,1H3/t12-/m0/s1. The molecule has 2 heteroatoms. The van der Waals surface area contributed by atoms with Crippen LogP contribution in [0.15, 0.2) is 35.3 Å². The SMILES string of the molecule is CCCC=N[C@@H](CO)c1ccccc1. The number of aliphatic hydroxyl groups is 1. The van der Waals surface area contributed by atoms with Gasteiger partial charge in [0.25, 0.3) is 0 Å². The third kappa shape index (κ3) is 3.30. The lowest BCUT2D eigenvalue weighted by Crippen LogP contribution is -2.01. The van der Waals surface area contributed by atoms with Crippen LogP contribution in [-0.2, 0) is 0 Å². The summed E-state index contributed by atoms with van der Waals surface area (Å²) >= 11 is 0. The molecule has 0 aliphatic rings. The Kier molecular flexibility index (Phi) is 4.94. The van der Waals surface area contributed by atoms with Crippen LogP contribution in [0.3, 0.4) is 0 Å². The molecule has 0 aromatic heterocycles. The molecule has 1 atom stereocenters. The third-order valence-corrected chi connectivity index (χ3v) is 2.06. The number of hydrogen-bond acceptors (Lipinski definition) is 2. The third-order valence-electron chi connectivity index (χ3n) is 2.06. The van der Waals surface area contributed by atoms with E-state index in [0.717, 1.165) is 18.4 Å². The zero-order valence-corrected chi connectivity index (χ0v) is 8.56. The molecule has 14 heavy (non-hydrogen) atoms. The van der Waals surface area contributed by atoms with Crippen molar-refractivity contribution in [2.24, 2.45) is 4.99 Å². The summed E-state index contributed by atoms with van der Waals surface area (Å²) in [5.74, 6) is 0. The minimum atomic E-state index is -0.0947. The first-order valence-corrected chi connectivity index (χ1v) is 5.06. The average Bonchev–Trinajstić information content (AvgIpc) is 2.26. The fourth-order valence-electron chi connectivity index (χ4n) is 1.24. The molecule has 0 heterocycles. The Morgan fingerprint density at radius 1 is 1.36 bits per heavy atom. The summed E-state index contributed by atoms with van der Waals surface area (Å²) < 4.78 is 0. The molecule has 0 radical (unpaired) electrons. The average molecular weight is 191 g/mol. The molecule has 0 aliphatic carbocycles. The Morgan fingerprint density at radius 3 is 2.64 bits per heavy atom. The van der Waals surface area contributed by atoms with Gasteiger partial charge in [0.15, 0.2) is 0 Å². The molecule has 0 spiro atoms. The van der Waals surface area contributed by atoms with E-state index < -0.39 is 0 Å². The lowest BCUT2D eigenvalue weighted by Gasteiger charge is -2.08. The van der Waals surface area contributed by atoms with Crippen LogP contribution in [0.4, 0.5) is 0 Å². The van der Waals surface area contributed by atoms with Gasteiger partial charge in [0.05, 0.1) is 12.6 Å². The number of nitrogens with zero attached hydrogens (tertiary/aromatic N) is 1.